The summed E-state index contributed by atoms with van der Waals surface area (Å²) >= 11 is 3.45. The standard InChI is InChI=1S/C11H14BrN/c12-10-3-1-9(2-4-10)11(5-6-11)7-8-13/h1-4H,5-8,13H2. The third-order valence-corrected chi connectivity index (χ3v) is 3.46. The summed E-state index contributed by atoms with van der Waals surface area (Å²) in [4.78, 5) is 0. The van der Waals surface area contributed by atoms with Gasteiger partial charge in [0.15, 0.2) is 0 Å². The van der Waals surface area contributed by atoms with Crippen molar-refractivity contribution in [2.24, 2.45) is 5.73 Å². The third-order valence-electron chi connectivity index (χ3n) is 2.93. The van der Waals surface area contributed by atoms with Crippen molar-refractivity contribution in [3.63, 3.8) is 0 Å². The smallest absolute Gasteiger partial charge is 0.0175 e. The van der Waals surface area contributed by atoms with Gasteiger partial charge < -0.3 is 5.73 Å². The van der Waals surface area contributed by atoms with Gasteiger partial charge >= 0.3 is 0 Å². The zero-order valence-electron chi connectivity index (χ0n) is 7.59. The van der Waals surface area contributed by atoms with E-state index in [4.69, 9.17) is 5.73 Å². The van der Waals surface area contributed by atoms with Crippen molar-refractivity contribution < 1.29 is 0 Å². The summed E-state index contributed by atoms with van der Waals surface area (Å²) < 4.78 is 1.15. The molecule has 0 atom stereocenters. The van der Waals surface area contributed by atoms with Crippen LogP contribution in [0, 0.1) is 0 Å². The Hall–Kier alpha value is -0.340. The summed E-state index contributed by atoms with van der Waals surface area (Å²) in [5.41, 5.74) is 7.51. The first-order valence-corrected chi connectivity index (χ1v) is 5.52. The van der Waals surface area contributed by atoms with Crippen LogP contribution in [0.25, 0.3) is 0 Å². The van der Waals surface area contributed by atoms with Gasteiger partial charge in [-0.05, 0) is 48.9 Å². The van der Waals surface area contributed by atoms with Crippen LogP contribution in [0.3, 0.4) is 0 Å². The van der Waals surface area contributed by atoms with Gasteiger partial charge in [0.2, 0.25) is 0 Å². The lowest BCUT2D eigenvalue weighted by atomic mass is 9.93. The quantitative estimate of drug-likeness (QED) is 0.863. The third kappa shape index (κ3) is 1.79. The SMILES string of the molecule is NCCC1(c2ccc(Br)cc2)CC1. The second-order valence-electron chi connectivity index (χ2n) is 3.83. The maximum atomic E-state index is 5.61. The Morgan fingerprint density at radius 1 is 1.23 bits per heavy atom. The minimum Gasteiger partial charge on any atom is -0.330 e. The van der Waals surface area contributed by atoms with Gasteiger partial charge in [0.05, 0.1) is 0 Å². The number of halogens is 1. The van der Waals surface area contributed by atoms with E-state index in [-0.39, 0.29) is 0 Å². The van der Waals surface area contributed by atoms with Crippen molar-refractivity contribution in [1.29, 1.82) is 0 Å². The molecule has 0 aliphatic heterocycles. The van der Waals surface area contributed by atoms with Gasteiger partial charge in [0, 0.05) is 4.47 Å². The fourth-order valence-corrected chi connectivity index (χ4v) is 2.18. The fraction of sp³-hybridized carbons (Fsp3) is 0.455. The van der Waals surface area contributed by atoms with Crippen molar-refractivity contribution in [3.05, 3.63) is 34.3 Å². The second kappa shape index (κ2) is 3.43. The Morgan fingerprint density at radius 3 is 2.31 bits per heavy atom. The first kappa shape index (κ1) is 9.22. The molecule has 1 saturated carbocycles. The highest BCUT2D eigenvalue weighted by atomic mass is 79.9. The lowest BCUT2D eigenvalue weighted by Crippen LogP contribution is -2.13. The van der Waals surface area contributed by atoms with Crippen molar-refractivity contribution in [2.75, 3.05) is 6.54 Å². The molecule has 1 fully saturated rings. The van der Waals surface area contributed by atoms with Crippen LogP contribution in [0.4, 0.5) is 0 Å². The average Bonchev–Trinajstić information content (AvgIpc) is 2.87. The molecule has 1 aromatic rings. The molecule has 0 amide bonds. The van der Waals surface area contributed by atoms with Crippen molar-refractivity contribution in [1.82, 2.24) is 0 Å². The number of benzene rings is 1. The van der Waals surface area contributed by atoms with E-state index in [1.165, 1.54) is 18.4 Å². The molecule has 1 nitrogen and oxygen atoms in total. The Morgan fingerprint density at radius 2 is 1.85 bits per heavy atom. The maximum Gasteiger partial charge on any atom is 0.0175 e. The maximum absolute atomic E-state index is 5.61. The van der Waals surface area contributed by atoms with Crippen LogP contribution in [-0.4, -0.2) is 6.54 Å². The number of nitrogens with two attached hydrogens (primary N) is 1. The van der Waals surface area contributed by atoms with Crippen LogP contribution in [-0.2, 0) is 5.41 Å². The van der Waals surface area contributed by atoms with Gasteiger partial charge in [-0.15, -0.1) is 0 Å². The Labute approximate surface area is 87.5 Å². The summed E-state index contributed by atoms with van der Waals surface area (Å²) in [6.45, 7) is 0.802. The number of hydrogen-bond donors (Lipinski definition) is 1. The molecule has 70 valence electrons. The van der Waals surface area contributed by atoms with Gasteiger partial charge in [-0.3, -0.25) is 0 Å². The number of hydrogen-bond acceptors (Lipinski definition) is 1. The molecule has 0 bridgehead atoms. The summed E-state index contributed by atoms with van der Waals surface area (Å²) in [6, 6.07) is 8.66. The van der Waals surface area contributed by atoms with Crippen LogP contribution >= 0.6 is 15.9 Å². The molecule has 0 heterocycles. The summed E-state index contributed by atoms with van der Waals surface area (Å²) in [7, 11) is 0. The average molecular weight is 240 g/mol. The fourth-order valence-electron chi connectivity index (χ4n) is 1.91. The van der Waals surface area contributed by atoms with E-state index in [0.717, 1.165) is 17.4 Å². The van der Waals surface area contributed by atoms with E-state index in [1.54, 1.807) is 0 Å². The molecular formula is C11H14BrN. The number of rotatable bonds is 3. The zero-order chi connectivity index (χ0) is 9.31. The second-order valence-corrected chi connectivity index (χ2v) is 4.74. The Kier molecular flexibility index (Phi) is 2.43. The lowest BCUT2D eigenvalue weighted by molar-refractivity contribution is 0.629. The predicted molar refractivity (Wildman–Crippen MR) is 58.7 cm³/mol. The van der Waals surface area contributed by atoms with Crippen molar-refractivity contribution in [2.45, 2.75) is 24.7 Å². The highest BCUT2D eigenvalue weighted by Gasteiger charge is 2.42. The Bertz CT molecular complexity index is 287. The van der Waals surface area contributed by atoms with E-state index in [9.17, 15) is 0 Å². The monoisotopic (exact) mass is 239 g/mol. The highest BCUT2D eigenvalue weighted by molar-refractivity contribution is 9.10. The van der Waals surface area contributed by atoms with Crippen LogP contribution in [0.2, 0.25) is 0 Å². The first-order valence-electron chi connectivity index (χ1n) is 4.73. The molecule has 1 aromatic carbocycles. The predicted octanol–water partition coefficient (Wildman–Crippen LogP) is 2.83. The molecule has 0 saturated heterocycles. The summed E-state index contributed by atoms with van der Waals surface area (Å²) in [5, 5.41) is 0. The van der Waals surface area contributed by atoms with Crippen LogP contribution in [0.1, 0.15) is 24.8 Å². The van der Waals surface area contributed by atoms with Gasteiger partial charge in [-0.1, -0.05) is 28.1 Å². The van der Waals surface area contributed by atoms with E-state index >= 15 is 0 Å². The van der Waals surface area contributed by atoms with E-state index in [2.05, 4.69) is 40.2 Å². The molecule has 0 radical (unpaired) electrons. The van der Waals surface area contributed by atoms with Gasteiger partial charge in [0.25, 0.3) is 0 Å². The molecule has 2 heteroatoms. The van der Waals surface area contributed by atoms with Crippen molar-refractivity contribution in [3.8, 4) is 0 Å². The van der Waals surface area contributed by atoms with E-state index in [0.29, 0.717) is 5.41 Å². The molecule has 2 N–H and O–H groups in total. The van der Waals surface area contributed by atoms with Crippen LogP contribution < -0.4 is 5.73 Å². The van der Waals surface area contributed by atoms with Gasteiger partial charge in [-0.2, -0.15) is 0 Å². The molecular weight excluding hydrogens is 226 g/mol. The summed E-state index contributed by atoms with van der Waals surface area (Å²) in [6.07, 6.45) is 3.76. The van der Waals surface area contributed by atoms with Gasteiger partial charge in [0.1, 0.15) is 0 Å². The highest BCUT2D eigenvalue weighted by Crippen LogP contribution is 2.50. The zero-order valence-corrected chi connectivity index (χ0v) is 9.18. The topological polar surface area (TPSA) is 26.0 Å². The molecule has 0 aromatic heterocycles. The molecule has 0 spiro atoms. The van der Waals surface area contributed by atoms with E-state index in [1.807, 2.05) is 0 Å². The lowest BCUT2D eigenvalue weighted by Gasteiger charge is -2.13. The molecule has 0 unspecified atom stereocenters. The largest absolute Gasteiger partial charge is 0.330 e. The molecule has 13 heavy (non-hydrogen) atoms. The van der Waals surface area contributed by atoms with Crippen LogP contribution in [0.5, 0.6) is 0 Å². The molecule has 1 aliphatic carbocycles. The van der Waals surface area contributed by atoms with Crippen molar-refractivity contribution >= 4 is 15.9 Å². The first-order chi connectivity index (χ1) is 6.27. The normalized spacial score (nSPS) is 18.6. The minimum atomic E-state index is 0.440. The summed E-state index contributed by atoms with van der Waals surface area (Å²) in [5.74, 6) is 0. The molecule has 1 aliphatic rings. The molecule has 2 rings (SSSR count). The van der Waals surface area contributed by atoms with E-state index < -0.39 is 0 Å². The Balaban J connectivity index is 2.20. The minimum absolute atomic E-state index is 0.440. The van der Waals surface area contributed by atoms with Crippen LogP contribution in [0.15, 0.2) is 28.7 Å². The van der Waals surface area contributed by atoms with Gasteiger partial charge in [-0.25, -0.2) is 0 Å².